The van der Waals surface area contributed by atoms with Gasteiger partial charge in [-0.05, 0) is 36.2 Å². The molecule has 0 radical (unpaired) electrons. The quantitative estimate of drug-likeness (QED) is 0.885. The lowest BCUT2D eigenvalue weighted by Gasteiger charge is -2.13. The Morgan fingerprint density at radius 1 is 1.24 bits per heavy atom. The van der Waals surface area contributed by atoms with Gasteiger partial charge in [-0.3, -0.25) is 4.79 Å². The van der Waals surface area contributed by atoms with Gasteiger partial charge in [0, 0.05) is 13.0 Å². The van der Waals surface area contributed by atoms with E-state index in [4.69, 9.17) is 25.8 Å². The Balaban J connectivity index is 1.56. The molecular weight excluding hydrogens is 342 g/mol. The molecule has 0 saturated carbocycles. The number of para-hydroxylation sites is 1. The second kappa shape index (κ2) is 8.12. The topological polar surface area (TPSA) is 56.8 Å². The summed E-state index contributed by atoms with van der Waals surface area (Å²) in [6.45, 7) is 3.41. The van der Waals surface area contributed by atoms with E-state index in [0.717, 1.165) is 17.5 Å². The van der Waals surface area contributed by atoms with Crippen LogP contribution in [0.2, 0.25) is 5.02 Å². The summed E-state index contributed by atoms with van der Waals surface area (Å²) < 4.78 is 16.8. The largest absolute Gasteiger partial charge is 0.489 e. The predicted molar refractivity (Wildman–Crippen MR) is 95.6 cm³/mol. The van der Waals surface area contributed by atoms with Gasteiger partial charge in [-0.25, -0.2) is 0 Å². The average Bonchev–Trinajstić information content (AvgIpc) is 2.85. The van der Waals surface area contributed by atoms with E-state index in [0.29, 0.717) is 42.0 Å². The van der Waals surface area contributed by atoms with E-state index in [-0.39, 0.29) is 12.5 Å². The summed E-state index contributed by atoms with van der Waals surface area (Å²) >= 11 is 6.25. The third-order valence-electron chi connectivity index (χ3n) is 3.80. The number of fused-ring (bicyclic) bond motifs is 1. The van der Waals surface area contributed by atoms with Crippen molar-refractivity contribution in [1.82, 2.24) is 5.32 Å². The molecule has 0 spiro atoms. The van der Waals surface area contributed by atoms with Crippen LogP contribution < -0.4 is 19.5 Å². The Hall–Kier alpha value is -2.40. The summed E-state index contributed by atoms with van der Waals surface area (Å²) in [5, 5.41) is 3.31. The number of rotatable bonds is 5. The van der Waals surface area contributed by atoms with Crippen molar-refractivity contribution in [2.24, 2.45) is 0 Å². The number of carbonyl (C=O) groups excluding carboxylic acids is 1. The van der Waals surface area contributed by atoms with Crippen LogP contribution in [0.5, 0.6) is 17.2 Å². The van der Waals surface area contributed by atoms with E-state index < -0.39 is 0 Å². The lowest BCUT2D eigenvalue weighted by Crippen LogP contribution is -2.28. The van der Waals surface area contributed by atoms with E-state index >= 15 is 0 Å². The van der Waals surface area contributed by atoms with E-state index in [1.807, 2.05) is 37.3 Å². The fourth-order valence-electron chi connectivity index (χ4n) is 2.50. The highest BCUT2D eigenvalue weighted by Gasteiger charge is 2.16. The summed E-state index contributed by atoms with van der Waals surface area (Å²) in [6.07, 6.45) is 0.813. The zero-order chi connectivity index (χ0) is 17.6. The molecule has 2 aromatic rings. The number of carbonyl (C=O) groups is 1. The summed E-state index contributed by atoms with van der Waals surface area (Å²) in [4.78, 5) is 12.0. The van der Waals surface area contributed by atoms with Crippen molar-refractivity contribution in [3.05, 3.63) is 52.5 Å². The molecule has 0 bridgehead atoms. The summed E-state index contributed by atoms with van der Waals surface area (Å²) in [7, 11) is 0. The number of amides is 1. The minimum atomic E-state index is -0.202. The number of aryl methyl sites for hydroxylation is 1. The van der Waals surface area contributed by atoms with E-state index in [9.17, 15) is 4.79 Å². The van der Waals surface area contributed by atoms with Crippen LogP contribution in [-0.2, 0) is 11.3 Å². The Morgan fingerprint density at radius 2 is 2.04 bits per heavy atom. The molecule has 0 aliphatic carbocycles. The van der Waals surface area contributed by atoms with E-state index in [1.165, 1.54) is 0 Å². The summed E-state index contributed by atoms with van der Waals surface area (Å²) in [5.74, 6) is 1.69. The molecule has 25 heavy (non-hydrogen) atoms. The maximum atomic E-state index is 12.0. The van der Waals surface area contributed by atoms with Gasteiger partial charge in [0.25, 0.3) is 5.91 Å². The molecular formula is C19H20ClNO4. The zero-order valence-electron chi connectivity index (χ0n) is 14.0. The molecule has 2 aromatic carbocycles. The number of hydrogen-bond acceptors (Lipinski definition) is 4. The Kier molecular flexibility index (Phi) is 5.66. The van der Waals surface area contributed by atoms with Gasteiger partial charge in [-0.15, -0.1) is 0 Å². The van der Waals surface area contributed by atoms with Gasteiger partial charge in [-0.2, -0.15) is 0 Å². The molecule has 6 heteroatoms. The van der Waals surface area contributed by atoms with Crippen LogP contribution in [0.3, 0.4) is 0 Å². The zero-order valence-corrected chi connectivity index (χ0v) is 14.8. The molecule has 132 valence electrons. The standard InChI is InChI=1S/C19H20ClNO4/c1-13-5-2-3-6-16(13)25-12-18(22)21-11-14-9-15(20)19-17(10-14)23-7-4-8-24-19/h2-3,5-6,9-10H,4,7-8,11-12H2,1H3,(H,21,22). The average molecular weight is 362 g/mol. The minimum absolute atomic E-state index is 0.0386. The second-order valence-electron chi connectivity index (χ2n) is 5.79. The molecule has 3 rings (SSSR count). The van der Waals surface area contributed by atoms with E-state index in [1.54, 1.807) is 6.07 Å². The van der Waals surface area contributed by atoms with Crippen LogP contribution in [0.4, 0.5) is 0 Å². The predicted octanol–water partition coefficient (Wildman–Crippen LogP) is 3.50. The van der Waals surface area contributed by atoms with Crippen molar-refractivity contribution < 1.29 is 19.0 Å². The van der Waals surface area contributed by atoms with Crippen molar-refractivity contribution in [2.45, 2.75) is 19.9 Å². The van der Waals surface area contributed by atoms with Gasteiger partial charge < -0.3 is 19.5 Å². The van der Waals surface area contributed by atoms with Gasteiger partial charge in [0.15, 0.2) is 18.1 Å². The number of ether oxygens (including phenoxy) is 3. The number of halogens is 1. The first-order chi connectivity index (χ1) is 12.1. The molecule has 1 N–H and O–H groups in total. The highest BCUT2D eigenvalue weighted by atomic mass is 35.5. The number of hydrogen-bond donors (Lipinski definition) is 1. The van der Waals surface area contributed by atoms with Gasteiger partial charge in [0.05, 0.1) is 18.2 Å². The monoisotopic (exact) mass is 361 g/mol. The van der Waals surface area contributed by atoms with Crippen LogP contribution in [-0.4, -0.2) is 25.7 Å². The minimum Gasteiger partial charge on any atom is -0.489 e. The van der Waals surface area contributed by atoms with Gasteiger partial charge in [0.2, 0.25) is 0 Å². The van der Waals surface area contributed by atoms with Crippen LogP contribution in [0.15, 0.2) is 36.4 Å². The van der Waals surface area contributed by atoms with Crippen LogP contribution in [0.25, 0.3) is 0 Å². The maximum Gasteiger partial charge on any atom is 0.258 e. The molecule has 1 aliphatic heterocycles. The molecule has 0 unspecified atom stereocenters. The molecule has 5 nitrogen and oxygen atoms in total. The second-order valence-corrected chi connectivity index (χ2v) is 6.19. The summed E-state index contributed by atoms with van der Waals surface area (Å²) in [6, 6.07) is 11.2. The smallest absolute Gasteiger partial charge is 0.258 e. The van der Waals surface area contributed by atoms with Crippen molar-refractivity contribution >= 4 is 17.5 Å². The Labute approximate surface area is 151 Å². The SMILES string of the molecule is Cc1ccccc1OCC(=O)NCc1cc(Cl)c2c(c1)OCCCO2. The fourth-order valence-corrected chi connectivity index (χ4v) is 2.79. The van der Waals surface area contributed by atoms with Gasteiger partial charge in [-0.1, -0.05) is 29.8 Å². The summed E-state index contributed by atoms with van der Waals surface area (Å²) in [5.41, 5.74) is 1.84. The Bertz CT molecular complexity index is 763. The van der Waals surface area contributed by atoms with E-state index in [2.05, 4.69) is 5.32 Å². The molecule has 0 atom stereocenters. The highest BCUT2D eigenvalue weighted by molar-refractivity contribution is 6.32. The number of benzene rings is 2. The number of nitrogens with one attached hydrogen (secondary N) is 1. The first-order valence-corrected chi connectivity index (χ1v) is 8.54. The molecule has 0 saturated heterocycles. The molecule has 1 amide bonds. The molecule has 0 aromatic heterocycles. The molecule has 1 aliphatic rings. The fraction of sp³-hybridized carbons (Fsp3) is 0.316. The van der Waals surface area contributed by atoms with Crippen molar-refractivity contribution in [3.63, 3.8) is 0 Å². The third-order valence-corrected chi connectivity index (χ3v) is 4.08. The first-order valence-electron chi connectivity index (χ1n) is 8.16. The van der Waals surface area contributed by atoms with Crippen molar-refractivity contribution in [3.8, 4) is 17.2 Å². The highest BCUT2D eigenvalue weighted by Crippen LogP contribution is 2.37. The Morgan fingerprint density at radius 3 is 2.88 bits per heavy atom. The van der Waals surface area contributed by atoms with Crippen LogP contribution in [0, 0.1) is 6.92 Å². The van der Waals surface area contributed by atoms with Crippen molar-refractivity contribution in [1.29, 1.82) is 0 Å². The van der Waals surface area contributed by atoms with Crippen molar-refractivity contribution in [2.75, 3.05) is 19.8 Å². The van der Waals surface area contributed by atoms with Gasteiger partial charge >= 0.3 is 0 Å². The molecule has 0 fully saturated rings. The molecule has 1 heterocycles. The normalized spacial score (nSPS) is 13.0. The van der Waals surface area contributed by atoms with Crippen LogP contribution in [0.1, 0.15) is 17.5 Å². The third kappa shape index (κ3) is 4.57. The maximum absolute atomic E-state index is 12.0. The van der Waals surface area contributed by atoms with Crippen LogP contribution >= 0.6 is 11.6 Å². The van der Waals surface area contributed by atoms with Gasteiger partial charge in [0.1, 0.15) is 5.75 Å². The first kappa shape index (κ1) is 17.4. The lowest BCUT2D eigenvalue weighted by molar-refractivity contribution is -0.123. The lowest BCUT2D eigenvalue weighted by atomic mass is 10.2.